The molecule has 0 spiro atoms. The third kappa shape index (κ3) is 4.89. The number of rotatable bonds is 4. The first-order valence-electron chi connectivity index (χ1n) is 5.94. The normalized spacial score (nSPS) is 9.75. The fourth-order valence-electron chi connectivity index (χ4n) is 1.21. The molecule has 86 valence electrons. The summed E-state index contributed by atoms with van der Waals surface area (Å²) in [6.07, 6.45) is 1.99. The van der Waals surface area contributed by atoms with Crippen molar-refractivity contribution in [2.45, 2.75) is 33.6 Å². The number of hydrogen-bond acceptors (Lipinski definition) is 1. The van der Waals surface area contributed by atoms with Gasteiger partial charge in [-0.3, -0.25) is 0 Å². The van der Waals surface area contributed by atoms with Crippen LogP contribution in [-0.2, 0) is 0 Å². The maximum atomic E-state index is 5.50. The molecule has 0 unspecified atom stereocenters. The van der Waals surface area contributed by atoms with Gasteiger partial charge in [0.1, 0.15) is 5.75 Å². The smallest absolute Gasteiger partial charge is 0.119 e. The van der Waals surface area contributed by atoms with E-state index in [0.717, 1.165) is 30.8 Å². The van der Waals surface area contributed by atoms with Crippen LogP contribution in [0, 0.1) is 17.8 Å². The van der Waals surface area contributed by atoms with E-state index < -0.39 is 0 Å². The standard InChI is InChI=1S/C15H20O/c1-4-12-16-15-10-8-14(9-11-15)7-5-6-13(2)3/h8-11,13H,4,6,12H2,1-3H3. The lowest BCUT2D eigenvalue weighted by Crippen LogP contribution is -1.94. The molecular weight excluding hydrogens is 196 g/mol. The molecule has 0 bridgehead atoms. The van der Waals surface area contributed by atoms with Gasteiger partial charge in [0.25, 0.3) is 0 Å². The van der Waals surface area contributed by atoms with Crippen LogP contribution in [0.4, 0.5) is 0 Å². The Labute approximate surface area is 98.8 Å². The molecule has 1 rings (SSSR count). The van der Waals surface area contributed by atoms with Crippen LogP contribution in [-0.4, -0.2) is 6.61 Å². The Kier molecular flexibility index (Phi) is 5.50. The minimum absolute atomic E-state index is 0.639. The second-order valence-corrected chi connectivity index (χ2v) is 4.27. The minimum atomic E-state index is 0.639. The molecule has 0 radical (unpaired) electrons. The number of ether oxygens (including phenoxy) is 1. The van der Waals surface area contributed by atoms with Crippen LogP contribution in [0.15, 0.2) is 24.3 Å². The molecule has 1 nitrogen and oxygen atoms in total. The molecule has 1 aromatic carbocycles. The molecule has 0 fully saturated rings. The monoisotopic (exact) mass is 216 g/mol. The van der Waals surface area contributed by atoms with E-state index >= 15 is 0 Å². The van der Waals surface area contributed by atoms with E-state index in [1.54, 1.807) is 0 Å². The molecule has 0 heterocycles. The first-order chi connectivity index (χ1) is 7.72. The molecule has 0 N–H and O–H groups in total. The zero-order valence-electron chi connectivity index (χ0n) is 10.4. The Morgan fingerprint density at radius 2 is 1.88 bits per heavy atom. The van der Waals surface area contributed by atoms with E-state index in [1.807, 2.05) is 24.3 Å². The lowest BCUT2D eigenvalue weighted by molar-refractivity contribution is 0.317. The highest BCUT2D eigenvalue weighted by Gasteiger charge is 1.92. The minimum Gasteiger partial charge on any atom is -0.494 e. The van der Waals surface area contributed by atoms with Crippen molar-refractivity contribution in [3.05, 3.63) is 29.8 Å². The molecule has 0 saturated carbocycles. The second-order valence-electron chi connectivity index (χ2n) is 4.27. The van der Waals surface area contributed by atoms with Crippen molar-refractivity contribution in [3.63, 3.8) is 0 Å². The third-order valence-electron chi connectivity index (χ3n) is 2.07. The van der Waals surface area contributed by atoms with Crippen molar-refractivity contribution in [2.75, 3.05) is 6.61 Å². The maximum Gasteiger partial charge on any atom is 0.119 e. The predicted octanol–water partition coefficient (Wildman–Crippen LogP) is 3.87. The van der Waals surface area contributed by atoms with Gasteiger partial charge in [0, 0.05) is 12.0 Å². The molecule has 0 aromatic heterocycles. The van der Waals surface area contributed by atoms with Crippen LogP contribution in [0.2, 0.25) is 0 Å². The Balaban J connectivity index is 2.53. The van der Waals surface area contributed by atoms with Crippen LogP contribution in [0.25, 0.3) is 0 Å². The number of benzene rings is 1. The Bertz CT molecular complexity index is 351. The summed E-state index contributed by atoms with van der Waals surface area (Å²) in [5, 5.41) is 0. The van der Waals surface area contributed by atoms with E-state index in [0.29, 0.717) is 5.92 Å². The summed E-state index contributed by atoms with van der Waals surface area (Å²) >= 11 is 0. The van der Waals surface area contributed by atoms with Crippen LogP contribution in [0.1, 0.15) is 39.2 Å². The fourth-order valence-corrected chi connectivity index (χ4v) is 1.21. The fraction of sp³-hybridized carbons (Fsp3) is 0.467. The highest BCUT2D eigenvalue weighted by Crippen LogP contribution is 2.11. The van der Waals surface area contributed by atoms with Gasteiger partial charge in [0.15, 0.2) is 0 Å². The van der Waals surface area contributed by atoms with Crippen LogP contribution >= 0.6 is 0 Å². The van der Waals surface area contributed by atoms with Gasteiger partial charge < -0.3 is 4.74 Å². The van der Waals surface area contributed by atoms with E-state index in [1.165, 1.54) is 0 Å². The maximum absolute atomic E-state index is 5.50. The summed E-state index contributed by atoms with van der Waals surface area (Å²) in [6, 6.07) is 7.99. The average molecular weight is 216 g/mol. The first kappa shape index (κ1) is 12.6. The van der Waals surface area contributed by atoms with Crippen molar-refractivity contribution in [1.82, 2.24) is 0 Å². The zero-order valence-corrected chi connectivity index (χ0v) is 10.4. The molecule has 0 aliphatic carbocycles. The van der Waals surface area contributed by atoms with Crippen molar-refractivity contribution in [3.8, 4) is 17.6 Å². The van der Waals surface area contributed by atoms with Gasteiger partial charge >= 0.3 is 0 Å². The molecule has 0 amide bonds. The highest BCUT2D eigenvalue weighted by molar-refractivity contribution is 5.38. The summed E-state index contributed by atoms with van der Waals surface area (Å²) in [5.74, 6) is 7.89. The van der Waals surface area contributed by atoms with Crippen molar-refractivity contribution in [1.29, 1.82) is 0 Å². The van der Waals surface area contributed by atoms with Gasteiger partial charge in [-0.15, -0.1) is 0 Å². The van der Waals surface area contributed by atoms with Crippen LogP contribution < -0.4 is 4.74 Å². The largest absolute Gasteiger partial charge is 0.494 e. The quantitative estimate of drug-likeness (QED) is 0.694. The van der Waals surface area contributed by atoms with Crippen molar-refractivity contribution in [2.24, 2.45) is 5.92 Å². The van der Waals surface area contributed by atoms with Crippen molar-refractivity contribution < 1.29 is 4.74 Å². The highest BCUT2D eigenvalue weighted by atomic mass is 16.5. The molecule has 0 saturated heterocycles. The van der Waals surface area contributed by atoms with Gasteiger partial charge in [-0.25, -0.2) is 0 Å². The summed E-state index contributed by atoms with van der Waals surface area (Å²) in [4.78, 5) is 0. The number of hydrogen-bond donors (Lipinski definition) is 0. The molecular formula is C15H20O. The van der Waals surface area contributed by atoms with Crippen LogP contribution in [0.3, 0.4) is 0 Å². The van der Waals surface area contributed by atoms with Gasteiger partial charge in [-0.1, -0.05) is 32.6 Å². The molecule has 16 heavy (non-hydrogen) atoms. The summed E-state index contributed by atoms with van der Waals surface area (Å²) in [6.45, 7) is 7.23. The molecule has 0 aliphatic rings. The predicted molar refractivity (Wildman–Crippen MR) is 68.6 cm³/mol. The van der Waals surface area contributed by atoms with Gasteiger partial charge in [0.05, 0.1) is 6.61 Å². The second kappa shape index (κ2) is 6.95. The molecule has 1 heteroatoms. The van der Waals surface area contributed by atoms with Gasteiger partial charge in [-0.05, 0) is 36.6 Å². The summed E-state index contributed by atoms with van der Waals surface area (Å²) < 4.78 is 5.50. The Hall–Kier alpha value is -1.42. The summed E-state index contributed by atoms with van der Waals surface area (Å²) in [5.41, 5.74) is 1.06. The molecule has 0 aliphatic heterocycles. The lowest BCUT2D eigenvalue weighted by atomic mass is 10.1. The van der Waals surface area contributed by atoms with Crippen LogP contribution in [0.5, 0.6) is 5.75 Å². The topological polar surface area (TPSA) is 9.23 Å². The zero-order chi connectivity index (χ0) is 11.8. The van der Waals surface area contributed by atoms with Gasteiger partial charge in [0.2, 0.25) is 0 Å². The lowest BCUT2D eigenvalue weighted by Gasteiger charge is -2.03. The van der Waals surface area contributed by atoms with Gasteiger partial charge in [-0.2, -0.15) is 0 Å². The average Bonchev–Trinajstić information content (AvgIpc) is 2.27. The van der Waals surface area contributed by atoms with Crippen molar-refractivity contribution >= 4 is 0 Å². The Morgan fingerprint density at radius 3 is 2.44 bits per heavy atom. The first-order valence-corrected chi connectivity index (χ1v) is 5.94. The van der Waals surface area contributed by atoms with E-state index in [9.17, 15) is 0 Å². The molecule has 1 aromatic rings. The SMILES string of the molecule is CCCOc1ccc(C#CCC(C)C)cc1. The third-order valence-corrected chi connectivity index (χ3v) is 2.07. The Morgan fingerprint density at radius 1 is 1.19 bits per heavy atom. The van der Waals surface area contributed by atoms with E-state index in [4.69, 9.17) is 4.74 Å². The van der Waals surface area contributed by atoms with E-state index in [-0.39, 0.29) is 0 Å². The molecule has 0 atom stereocenters. The summed E-state index contributed by atoms with van der Waals surface area (Å²) in [7, 11) is 0. The van der Waals surface area contributed by atoms with E-state index in [2.05, 4.69) is 32.6 Å².